The molecule has 1 aliphatic heterocycles. The van der Waals surface area contributed by atoms with Gasteiger partial charge in [0.1, 0.15) is 0 Å². The van der Waals surface area contributed by atoms with E-state index in [1.165, 1.54) is 0 Å². The van der Waals surface area contributed by atoms with Crippen molar-refractivity contribution >= 4 is 29.1 Å². The van der Waals surface area contributed by atoms with Crippen LogP contribution in [0.1, 0.15) is 31.4 Å². The molecule has 0 saturated carbocycles. The van der Waals surface area contributed by atoms with Crippen LogP contribution in [0, 0.1) is 0 Å². The first kappa shape index (κ1) is 13.7. The van der Waals surface area contributed by atoms with Gasteiger partial charge in [-0.2, -0.15) is 0 Å². The summed E-state index contributed by atoms with van der Waals surface area (Å²) >= 11 is 11.9. The van der Waals surface area contributed by atoms with Crippen molar-refractivity contribution < 1.29 is 4.79 Å². The van der Waals surface area contributed by atoms with Gasteiger partial charge in [-0.3, -0.25) is 4.79 Å². The van der Waals surface area contributed by atoms with E-state index in [1.807, 2.05) is 17.0 Å². The molecule has 0 aromatic heterocycles. The van der Waals surface area contributed by atoms with Crippen LogP contribution < -0.4 is 5.73 Å². The van der Waals surface area contributed by atoms with E-state index in [4.69, 9.17) is 28.9 Å². The smallest absolute Gasteiger partial charge is 0.239 e. The number of carbonyl (C=O) groups excluding carboxylic acids is 1. The Kier molecular flexibility index (Phi) is 4.15. The Morgan fingerprint density at radius 2 is 2.17 bits per heavy atom. The third-order valence-electron chi connectivity index (χ3n) is 3.25. The normalized spacial score (nSPS) is 21.1. The van der Waals surface area contributed by atoms with Gasteiger partial charge >= 0.3 is 0 Å². The fraction of sp³-hybridized carbons (Fsp3) is 0.462. The van der Waals surface area contributed by atoms with Crippen molar-refractivity contribution in [1.29, 1.82) is 0 Å². The van der Waals surface area contributed by atoms with Gasteiger partial charge < -0.3 is 10.6 Å². The molecule has 0 spiro atoms. The highest BCUT2D eigenvalue weighted by Crippen LogP contribution is 2.35. The maximum atomic E-state index is 12.0. The second-order valence-electron chi connectivity index (χ2n) is 4.65. The van der Waals surface area contributed by atoms with Gasteiger partial charge in [0, 0.05) is 6.54 Å². The van der Waals surface area contributed by atoms with E-state index in [2.05, 4.69) is 0 Å². The molecule has 98 valence electrons. The minimum absolute atomic E-state index is 0.0106. The summed E-state index contributed by atoms with van der Waals surface area (Å²) in [6.07, 6.45) is 1.93. The zero-order valence-corrected chi connectivity index (χ0v) is 11.7. The van der Waals surface area contributed by atoms with Gasteiger partial charge in [-0.1, -0.05) is 29.3 Å². The molecule has 2 rings (SSSR count). The van der Waals surface area contributed by atoms with E-state index >= 15 is 0 Å². The number of hydrogen-bond acceptors (Lipinski definition) is 2. The zero-order chi connectivity index (χ0) is 13.3. The van der Waals surface area contributed by atoms with Crippen LogP contribution in [-0.2, 0) is 4.79 Å². The van der Waals surface area contributed by atoms with Crippen molar-refractivity contribution in [3.05, 3.63) is 33.8 Å². The zero-order valence-electron chi connectivity index (χ0n) is 10.2. The number of nitrogens with two attached hydrogens (primary N) is 1. The van der Waals surface area contributed by atoms with Crippen molar-refractivity contribution in [3.63, 3.8) is 0 Å². The number of carbonyl (C=O) groups is 1. The highest BCUT2D eigenvalue weighted by Gasteiger charge is 2.31. The molecule has 1 fully saturated rings. The Labute approximate surface area is 117 Å². The molecule has 1 unspecified atom stereocenters. The molecule has 1 aromatic rings. The summed E-state index contributed by atoms with van der Waals surface area (Å²) < 4.78 is 0. The molecule has 1 heterocycles. The van der Waals surface area contributed by atoms with Crippen LogP contribution in [-0.4, -0.2) is 23.4 Å². The lowest BCUT2D eigenvalue weighted by atomic mass is 10.0. The Morgan fingerprint density at radius 3 is 2.78 bits per heavy atom. The molecule has 0 radical (unpaired) electrons. The van der Waals surface area contributed by atoms with Gasteiger partial charge in [0.05, 0.1) is 22.1 Å². The molecule has 1 saturated heterocycles. The second kappa shape index (κ2) is 5.47. The summed E-state index contributed by atoms with van der Waals surface area (Å²) in [5, 5.41) is 1.05. The maximum Gasteiger partial charge on any atom is 0.239 e. The molecule has 1 aromatic carbocycles. The van der Waals surface area contributed by atoms with Gasteiger partial charge in [0.15, 0.2) is 0 Å². The molecule has 0 aliphatic carbocycles. The highest BCUT2D eigenvalue weighted by atomic mass is 35.5. The number of amides is 1. The predicted molar refractivity (Wildman–Crippen MR) is 73.8 cm³/mol. The summed E-state index contributed by atoms with van der Waals surface area (Å²) in [4.78, 5) is 13.9. The molecular weight excluding hydrogens is 271 g/mol. The quantitative estimate of drug-likeness (QED) is 0.908. The van der Waals surface area contributed by atoms with Gasteiger partial charge in [0.2, 0.25) is 5.91 Å². The molecule has 1 aliphatic rings. The van der Waals surface area contributed by atoms with Crippen LogP contribution in [0.5, 0.6) is 0 Å². The fourth-order valence-corrected chi connectivity index (χ4v) is 2.66. The Bertz CT molecular complexity index is 462. The van der Waals surface area contributed by atoms with Crippen LogP contribution in [0.25, 0.3) is 0 Å². The topological polar surface area (TPSA) is 46.3 Å². The average molecular weight is 287 g/mol. The van der Waals surface area contributed by atoms with E-state index in [0.717, 1.165) is 24.9 Å². The predicted octanol–water partition coefficient (Wildman–Crippen LogP) is 3.00. The van der Waals surface area contributed by atoms with E-state index in [0.29, 0.717) is 10.0 Å². The number of benzene rings is 1. The van der Waals surface area contributed by atoms with Gasteiger partial charge in [-0.05, 0) is 37.5 Å². The van der Waals surface area contributed by atoms with E-state index in [-0.39, 0.29) is 11.9 Å². The van der Waals surface area contributed by atoms with Crippen LogP contribution in [0.4, 0.5) is 0 Å². The Hall–Kier alpha value is -0.770. The molecular formula is C13H16Cl2N2O. The first-order valence-corrected chi connectivity index (χ1v) is 6.77. The van der Waals surface area contributed by atoms with E-state index < -0.39 is 6.04 Å². The SMILES string of the molecule is C[C@@H](N)C(=O)N1CCCC1c1ccc(Cl)c(Cl)c1. The summed E-state index contributed by atoms with van der Waals surface area (Å²) in [5.41, 5.74) is 6.70. The number of nitrogens with zero attached hydrogens (tertiary/aromatic N) is 1. The van der Waals surface area contributed by atoms with Crippen molar-refractivity contribution in [2.24, 2.45) is 5.73 Å². The third kappa shape index (κ3) is 2.63. The largest absolute Gasteiger partial charge is 0.334 e. The van der Waals surface area contributed by atoms with Crippen LogP contribution >= 0.6 is 23.2 Å². The summed E-state index contributed by atoms with van der Waals surface area (Å²) in [6, 6.07) is 5.13. The van der Waals surface area contributed by atoms with Crippen molar-refractivity contribution in [3.8, 4) is 0 Å². The monoisotopic (exact) mass is 286 g/mol. The lowest BCUT2D eigenvalue weighted by Gasteiger charge is -2.26. The van der Waals surface area contributed by atoms with Gasteiger partial charge in [-0.15, -0.1) is 0 Å². The summed E-state index contributed by atoms with van der Waals surface area (Å²) in [7, 11) is 0. The Morgan fingerprint density at radius 1 is 1.44 bits per heavy atom. The first-order valence-electron chi connectivity index (χ1n) is 6.01. The van der Waals surface area contributed by atoms with Crippen molar-refractivity contribution in [2.75, 3.05) is 6.54 Å². The molecule has 0 bridgehead atoms. The second-order valence-corrected chi connectivity index (χ2v) is 5.47. The fourth-order valence-electron chi connectivity index (χ4n) is 2.36. The van der Waals surface area contributed by atoms with Crippen molar-refractivity contribution in [2.45, 2.75) is 31.8 Å². The lowest BCUT2D eigenvalue weighted by Crippen LogP contribution is -2.41. The van der Waals surface area contributed by atoms with Crippen LogP contribution in [0.15, 0.2) is 18.2 Å². The standard InChI is InChI=1S/C13H16Cl2N2O/c1-8(16)13(18)17-6-2-3-12(17)9-4-5-10(14)11(15)7-9/h4-5,7-8,12H,2-3,6,16H2,1H3/t8-,12?/m1/s1. The first-order chi connectivity index (χ1) is 8.50. The highest BCUT2D eigenvalue weighted by molar-refractivity contribution is 6.42. The lowest BCUT2D eigenvalue weighted by molar-refractivity contribution is -0.133. The van der Waals surface area contributed by atoms with E-state index in [9.17, 15) is 4.79 Å². The van der Waals surface area contributed by atoms with Crippen molar-refractivity contribution in [1.82, 2.24) is 4.90 Å². The number of hydrogen-bond donors (Lipinski definition) is 1. The average Bonchev–Trinajstić information content (AvgIpc) is 2.80. The minimum atomic E-state index is -0.464. The number of rotatable bonds is 2. The molecule has 5 heteroatoms. The third-order valence-corrected chi connectivity index (χ3v) is 3.99. The van der Waals surface area contributed by atoms with Gasteiger partial charge in [-0.25, -0.2) is 0 Å². The molecule has 3 nitrogen and oxygen atoms in total. The molecule has 1 amide bonds. The molecule has 2 atom stereocenters. The molecule has 2 N–H and O–H groups in total. The van der Waals surface area contributed by atoms with E-state index in [1.54, 1.807) is 13.0 Å². The summed E-state index contributed by atoms with van der Waals surface area (Å²) in [5.74, 6) is -0.0106. The number of likely N-dealkylation sites (tertiary alicyclic amines) is 1. The Balaban J connectivity index is 2.26. The molecule has 18 heavy (non-hydrogen) atoms. The summed E-state index contributed by atoms with van der Waals surface area (Å²) in [6.45, 7) is 2.47. The number of halogens is 2. The van der Waals surface area contributed by atoms with Crippen LogP contribution in [0.2, 0.25) is 10.0 Å². The minimum Gasteiger partial charge on any atom is -0.334 e. The maximum absolute atomic E-state index is 12.0. The van der Waals surface area contributed by atoms with Gasteiger partial charge in [0.25, 0.3) is 0 Å². The van der Waals surface area contributed by atoms with Crippen LogP contribution in [0.3, 0.4) is 0 Å².